The highest BCUT2D eigenvalue weighted by molar-refractivity contribution is 5.75. The molecule has 1 aromatic carbocycles. The summed E-state index contributed by atoms with van der Waals surface area (Å²) in [5.41, 5.74) is 1.58. The van der Waals surface area contributed by atoms with E-state index in [-0.39, 0.29) is 17.1 Å². The molecule has 1 aliphatic rings. The Morgan fingerprint density at radius 1 is 1.26 bits per heavy atom. The normalized spacial score (nSPS) is 25.2. The second kappa shape index (κ2) is 6.74. The Morgan fingerprint density at radius 3 is 2.67 bits per heavy atom. The van der Waals surface area contributed by atoms with Crippen LogP contribution in [-0.2, 0) is 4.74 Å². The lowest BCUT2D eigenvalue weighted by atomic mass is 10.1. The number of imidazole rings is 1. The number of rotatable bonds is 4. The first kappa shape index (κ1) is 17.6. The second-order valence-corrected chi connectivity index (χ2v) is 6.43. The number of nitrogens with one attached hydrogen (secondary N) is 2. The highest BCUT2D eigenvalue weighted by atomic mass is 16.6. The van der Waals surface area contributed by atoms with Crippen LogP contribution in [0.25, 0.3) is 11.2 Å². The Morgan fingerprint density at radius 2 is 2.00 bits per heavy atom. The van der Waals surface area contributed by atoms with Crippen LogP contribution >= 0.6 is 0 Å². The highest BCUT2D eigenvalue weighted by Gasteiger charge is 2.45. The lowest BCUT2D eigenvalue weighted by molar-refractivity contribution is -0.0501. The topological polar surface area (TPSA) is 146 Å². The molecule has 0 amide bonds. The molecule has 27 heavy (non-hydrogen) atoms. The Labute approximate surface area is 153 Å². The largest absolute Gasteiger partial charge is 0.394 e. The molecule has 4 atom stereocenters. The zero-order chi connectivity index (χ0) is 19.1. The van der Waals surface area contributed by atoms with Gasteiger partial charge in [0.25, 0.3) is 5.56 Å². The number of aliphatic hydroxyl groups is 3. The number of benzene rings is 1. The standard InChI is InChI=1S/C17H19N5O5/c1-8-2-4-9(5-3-8)20-17-21-11-14(18-7-19-15(11)26)22(17)16-13(25)12(24)10(6-23)27-16/h2-5,7,10,12-13,16,23-25H,6H2,1H3,(H,20,21)(H,18,19,26)/t10-,12+,13+,16-/m0/s1. The van der Waals surface area contributed by atoms with Crippen LogP contribution in [0, 0.1) is 6.92 Å². The van der Waals surface area contributed by atoms with Gasteiger partial charge in [-0.3, -0.25) is 9.36 Å². The molecular weight excluding hydrogens is 354 g/mol. The molecule has 3 heterocycles. The van der Waals surface area contributed by atoms with Gasteiger partial charge in [0, 0.05) is 5.69 Å². The van der Waals surface area contributed by atoms with E-state index in [4.69, 9.17) is 4.74 Å². The van der Waals surface area contributed by atoms with Gasteiger partial charge in [-0.1, -0.05) is 17.7 Å². The van der Waals surface area contributed by atoms with Crippen LogP contribution in [0.15, 0.2) is 35.4 Å². The van der Waals surface area contributed by atoms with E-state index in [1.807, 2.05) is 31.2 Å². The molecule has 4 rings (SSSR count). The molecule has 10 heteroatoms. The summed E-state index contributed by atoms with van der Waals surface area (Å²) in [7, 11) is 0. The lowest BCUT2D eigenvalue weighted by Crippen LogP contribution is -2.33. The van der Waals surface area contributed by atoms with Gasteiger partial charge in [0.05, 0.1) is 12.9 Å². The Bertz CT molecular complexity index is 1010. The fraction of sp³-hybridized carbons (Fsp3) is 0.353. The number of hydrogen-bond donors (Lipinski definition) is 5. The van der Waals surface area contributed by atoms with E-state index in [9.17, 15) is 20.1 Å². The van der Waals surface area contributed by atoms with Gasteiger partial charge in [-0.15, -0.1) is 0 Å². The average Bonchev–Trinajstić information content (AvgIpc) is 3.16. The Balaban J connectivity index is 1.83. The first-order valence-corrected chi connectivity index (χ1v) is 8.41. The average molecular weight is 373 g/mol. The quantitative estimate of drug-likeness (QED) is 0.422. The Hall–Kier alpha value is -2.79. The Kier molecular flexibility index (Phi) is 4.40. The van der Waals surface area contributed by atoms with Gasteiger partial charge in [0.2, 0.25) is 5.95 Å². The molecule has 3 aromatic rings. The van der Waals surface area contributed by atoms with Gasteiger partial charge < -0.3 is 30.4 Å². The van der Waals surface area contributed by atoms with Crippen LogP contribution in [0.4, 0.5) is 11.6 Å². The minimum atomic E-state index is -1.33. The van der Waals surface area contributed by atoms with Gasteiger partial charge in [0.1, 0.15) is 18.3 Å². The number of fused-ring (bicyclic) bond motifs is 1. The third-order valence-corrected chi connectivity index (χ3v) is 4.56. The molecule has 10 nitrogen and oxygen atoms in total. The van der Waals surface area contributed by atoms with Crippen molar-refractivity contribution in [3.63, 3.8) is 0 Å². The minimum absolute atomic E-state index is 0.0600. The van der Waals surface area contributed by atoms with E-state index in [0.717, 1.165) is 5.56 Å². The number of aryl methyl sites for hydroxylation is 1. The molecule has 0 aliphatic carbocycles. The minimum Gasteiger partial charge on any atom is -0.394 e. The smallest absolute Gasteiger partial charge is 0.278 e. The third kappa shape index (κ3) is 2.98. The first-order chi connectivity index (χ1) is 13.0. The summed E-state index contributed by atoms with van der Waals surface area (Å²) in [5.74, 6) is 0.216. The van der Waals surface area contributed by atoms with Crippen molar-refractivity contribution in [1.29, 1.82) is 0 Å². The van der Waals surface area contributed by atoms with Crippen LogP contribution < -0.4 is 10.9 Å². The third-order valence-electron chi connectivity index (χ3n) is 4.56. The van der Waals surface area contributed by atoms with E-state index >= 15 is 0 Å². The van der Waals surface area contributed by atoms with E-state index < -0.39 is 36.7 Å². The number of aliphatic hydroxyl groups excluding tert-OH is 3. The van der Waals surface area contributed by atoms with Gasteiger partial charge in [0.15, 0.2) is 17.4 Å². The van der Waals surface area contributed by atoms with Crippen molar-refractivity contribution < 1.29 is 20.1 Å². The van der Waals surface area contributed by atoms with Crippen LogP contribution in [-0.4, -0.2) is 59.8 Å². The molecule has 2 aromatic heterocycles. The maximum atomic E-state index is 12.1. The fourth-order valence-corrected chi connectivity index (χ4v) is 3.11. The van der Waals surface area contributed by atoms with Gasteiger partial charge >= 0.3 is 0 Å². The molecule has 0 saturated carbocycles. The highest BCUT2D eigenvalue weighted by Crippen LogP contribution is 2.34. The molecule has 0 unspecified atom stereocenters. The zero-order valence-corrected chi connectivity index (χ0v) is 14.4. The number of ether oxygens (including phenoxy) is 1. The molecular formula is C17H19N5O5. The van der Waals surface area contributed by atoms with Crippen molar-refractivity contribution >= 4 is 22.8 Å². The van der Waals surface area contributed by atoms with Gasteiger partial charge in [-0.2, -0.15) is 0 Å². The SMILES string of the molecule is Cc1ccc(Nc2nc3c(=O)[nH]cnc3n2[C@H]2O[C@@H](CO)[C@@H](O)[C@H]2O)cc1. The van der Waals surface area contributed by atoms with Crippen molar-refractivity contribution in [2.24, 2.45) is 0 Å². The van der Waals surface area contributed by atoms with Gasteiger partial charge in [-0.05, 0) is 19.1 Å². The van der Waals surface area contributed by atoms with E-state index in [1.54, 1.807) is 0 Å². The maximum Gasteiger partial charge on any atom is 0.278 e. The van der Waals surface area contributed by atoms with Crippen LogP contribution in [0.5, 0.6) is 0 Å². The maximum absolute atomic E-state index is 12.1. The molecule has 1 fully saturated rings. The molecule has 142 valence electrons. The second-order valence-electron chi connectivity index (χ2n) is 6.43. The predicted molar refractivity (Wildman–Crippen MR) is 95.6 cm³/mol. The summed E-state index contributed by atoms with van der Waals surface area (Å²) in [4.78, 5) is 23.0. The summed E-state index contributed by atoms with van der Waals surface area (Å²) in [5, 5.41) is 32.9. The number of aromatic nitrogens is 4. The molecule has 1 aliphatic heterocycles. The summed E-state index contributed by atoms with van der Waals surface area (Å²) < 4.78 is 7.02. The van der Waals surface area contributed by atoms with Crippen LogP contribution in [0.1, 0.15) is 11.8 Å². The number of aromatic amines is 1. The van der Waals surface area contributed by atoms with Crippen LogP contribution in [0.2, 0.25) is 0 Å². The summed E-state index contributed by atoms with van der Waals surface area (Å²) in [6, 6.07) is 7.50. The van der Waals surface area contributed by atoms with Gasteiger partial charge in [-0.25, -0.2) is 9.97 Å². The molecule has 0 radical (unpaired) electrons. The van der Waals surface area contributed by atoms with Crippen molar-refractivity contribution in [2.45, 2.75) is 31.5 Å². The van der Waals surface area contributed by atoms with E-state index in [0.29, 0.717) is 5.69 Å². The van der Waals surface area contributed by atoms with E-state index in [1.165, 1.54) is 10.9 Å². The van der Waals surface area contributed by atoms with Crippen molar-refractivity contribution in [3.05, 3.63) is 46.5 Å². The first-order valence-electron chi connectivity index (χ1n) is 8.41. The molecule has 1 saturated heterocycles. The lowest BCUT2D eigenvalue weighted by Gasteiger charge is -2.19. The summed E-state index contributed by atoms with van der Waals surface area (Å²) in [6.07, 6.45) is -3.44. The summed E-state index contributed by atoms with van der Waals surface area (Å²) >= 11 is 0. The number of nitrogens with zero attached hydrogens (tertiary/aromatic N) is 3. The van der Waals surface area contributed by atoms with Crippen molar-refractivity contribution in [2.75, 3.05) is 11.9 Å². The van der Waals surface area contributed by atoms with Crippen molar-refractivity contribution in [1.82, 2.24) is 19.5 Å². The van der Waals surface area contributed by atoms with Crippen molar-refractivity contribution in [3.8, 4) is 0 Å². The predicted octanol–water partition coefficient (Wildman–Crippen LogP) is -0.217. The molecule has 0 bridgehead atoms. The number of anilines is 2. The number of hydrogen-bond acceptors (Lipinski definition) is 8. The fourth-order valence-electron chi connectivity index (χ4n) is 3.11. The van der Waals surface area contributed by atoms with E-state index in [2.05, 4.69) is 20.3 Å². The monoisotopic (exact) mass is 373 g/mol. The molecule has 0 spiro atoms. The number of H-pyrrole nitrogens is 1. The molecule has 5 N–H and O–H groups in total. The van der Waals surface area contributed by atoms with Crippen LogP contribution in [0.3, 0.4) is 0 Å². The summed E-state index contributed by atoms with van der Waals surface area (Å²) in [6.45, 7) is 1.50. The zero-order valence-electron chi connectivity index (χ0n) is 14.4.